The highest BCUT2D eigenvalue weighted by molar-refractivity contribution is 8.14. The Kier molecular flexibility index (Phi) is 9.26. The number of nitrogens with zero attached hydrogens (tertiary/aromatic N) is 1. The average molecular weight is 523 g/mol. The summed E-state index contributed by atoms with van der Waals surface area (Å²) in [6.07, 6.45) is 3.94. The first-order chi connectivity index (χ1) is 16.8. The molecule has 0 saturated carbocycles. The van der Waals surface area contributed by atoms with E-state index in [1.807, 2.05) is 39.0 Å². The topological polar surface area (TPSA) is 135 Å². The van der Waals surface area contributed by atoms with Crippen LogP contribution in [0.3, 0.4) is 0 Å². The number of Topliss-reactive ketones (excluding diaryl/α,β-unsaturated/α-hetero) is 1. The van der Waals surface area contributed by atoms with E-state index in [4.69, 9.17) is 15.2 Å². The standard InChI is InChI=1S/C27H42N2O6S/c1-15-8-7-9-27(6)21(35-27)11-19(16(2)10-18-14-36-22(13-28)29-18)34-23(31)12-20(30)26(4,5)25(33)17(3)24(15)32/h7-8,10,15,17-21,24,30,32H,9,11-14,28H2,1-6H3/b8-7+,16-10+/t15-,17+,18?,19-,20-,21?,24-,27?/m0/s1. The molecule has 0 aliphatic carbocycles. The Bertz CT molecular complexity index is 931. The molecular formula is C27H42N2O6S. The second-order valence-corrected chi connectivity index (χ2v) is 12.3. The molecule has 3 aliphatic heterocycles. The summed E-state index contributed by atoms with van der Waals surface area (Å²) in [5, 5.41) is 22.6. The molecule has 9 heteroatoms. The number of cyclic esters (lactones) is 1. The number of thioether (sulfide) groups is 1. The molecule has 0 amide bonds. The second kappa shape index (κ2) is 11.5. The fourth-order valence-electron chi connectivity index (χ4n) is 4.95. The first kappa shape index (κ1) is 29.0. The summed E-state index contributed by atoms with van der Waals surface area (Å²) in [6, 6.07) is -0.0291. The summed E-state index contributed by atoms with van der Waals surface area (Å²) in [6.45, 7) is 11.1. The van der Waals surface area contributed by atoms with Crippen LogP contribution in [-0.2, 0) is 19.1 Å². The molecule has 0 aromatic rings. The van der Waals surface area contributed by atoms with Crippen molar-refractivity contribution >= 4 is 28.6 Å². The van der Waals surface area contributed by atoms with E-state index in [-0.39, 0.29) is 35.9 Å². The van der Waals surface area contributed by atoms with E-state index in [9.17, 15) is 19.8 Å². The van der Waals surface area contributed by atoms with Crippen LogP contribution in [0.5, 0.6) is 0 Å². The molecule has 1 saturated heterocycles. The van der Waals surface area contributed by atoms with Gasteiger partial charge in [0.05, 0.1) is 46.8 Å². The number of ether oxygens (including phenoxy) is 2. The number of fused-ring (bicyclic) bond motifs is 1. The number of hydrogen-bond acceptors (Lipinski definition) is 9. The molecule has 8 nitrogen and oxygen atoms in total. The summed E-state index contributed by atoms with van der Waals surface area (Å²) in [5.41, 5.74) is 4.97. The number of rotatable bonds is 3. The Morgan fingerprint density at radius 2 is 1.97 bits per heavy atom. The van der Waals surface area contributed by atoms with Crippen molar-refractivity contribution in [3.05, 3.63) is 23.8 Å². The van der Waals surface area contributed by atoms with Gasteiger partial charge in [0.25, 0.3) is 0 Å². The molecule has 3 unspecified atom stereocenters. The molecule has 202 valence electrons. The van der Waals surface area contributed by atoms with Crippen molar-refractivity contribution < 1.29 is 29.3 Å². The number of carbonyl (C=O) groups excluding carboxylic acids is 2. The number of aliphatic hydroxyl groups is 2. The fourth-order valence-corrected chi connectivity index (χ4v) is 5.81. The zero-order valence-electron chi connectivity index (χ0n) is 22.3. The Balaban J connectivity index is 1.86. The van der Waals surface area contributed by atoms with Gasteiger partial charge in [-0.1, -0.05) is 45.9 Å². The van der Waals surface area contributed by atoms with Crippen molar-refractivity contribution in [1.29, 1.82) is 0 Å². The molecule has 0 bridgehead atoms. The molecule has 8 atom stereocenters. The van der Waals surface area contributed by atoms with Crippen LogP contribution in [-0.4, -0.2) is 75.4 Å². The number of nitrogens with two attached hydrogens (primary N) is 1. The molecule has 36 heavy (non-hydrogen) atoms. The van der Waals surface area contributed by atoms with Gasteiger partial charge in [-0.15, -0.1) is 11.8 Å². The van der Waals surface area contributed by atoms with E-state index in [0.717, 1.165) is 16.4 Å². The Hall–Kier alpha value is -1.52. The highest BCUT2D eigenvalue weighted by Gasteiger charge is 2.52. The van der Waals surface area contributed by atoms with Crippen molar-refractivity contribution in [2.45, 2.75) is 96.9 Å². The molecule has 3 rings (SSSR count). The summed E-state index contributed by atoms with van der Waals surface area (Å²) in [5.74, 6) is -1.04. The number of carbonyl (C=O) groups is 2. The van der Waals surface area contributed by atoms with Crippen LogP contribution in [0.4, 0.5) is 0 Å². The van der Waals surface area contributed by atoms with Crippen LogP contribution in [0.15, 0.2) is 28.8 Å². The third-order valence-corrected chi connectivity index (χ3v) is 8.97. The van der Waals surface area contributed by atoms with Gasteiger partial charge in [0, 0.05) is 30.6 Å². The van der Waals surface area contributed by atoms with Crippen LogP contribution in [0, 0.1) is 17.3 Å². The lowest BCUT2D eigenvalue weighted by atomic mass is 9.73. The summed E-state index contributed by atoms with van der Waals surface area (Å²) in [7, 11) is 0. The third-order valence-electron chi connectivity index (χ3n) is 7.86. The summed E-state index contributed by atoms with van der Waals surface area (Å²) >= 11 is 1.63. The minimum Gasteiger partial charge on any atom is -0.458 e. The molecule has 3 aliphatic rings. The fraction of sp³-hybridized carbons (Fsp3) is 0.741. The predicted molar refractivity (Wildman–Crippen MR) is 142 cm³/mol. The molecule has 1 fully saturated rings. The molecule has 0 spiro atoms. The van der Waals surface area contributed by atoms with Gasteiger partial charge in [0.2, 0.25) is 0 Å². The maximum Gasteiger partial charge on any atom is 0.309 e. The van der Waals surface area contributed by atoms with Gasteiger partial charge in [-0.25, -0.2) is 0 Å². The van der Waals surface area contributed by atoms with E-state index in [2.05, 4.69) is 4.99 Å². The molecule has 0 aromatic carbocycles. The van der Waals surface area contributed by atoms with E-state index < -0.39 is 35.6 Å². The molecule has 4 N–H and O–H groups in total. The minimum absolute atomic E-state index is 0.0291. The zero-order valence-corrected chi connectivity index (χ0v) is 23.1. The minimum atomic E-state index is -1.25. The maximum absolute atomic E-state index is 13.2. The van der Waals surface area contributed by atoms with Gasteiger partial charge >= 0.3 is 5.97 Å². The smallest absolute Gasteiger partial charge is 0.309 e. The third kappa shape index (κ3) is 6.67. The summed E-state index contributed by atoms with van der Waals surface area (Å²) < 4.78 is 11.9. The quantitative estimate of drug-likeness (QED) is 0.293. The Morgan fingerprint density at radius 1 is 1.28 bits per heavy atom. The first-order valence-corrected chi connectivity index (χ1v) is 13.8. The van der Waals surface area contributed by atoms with E-state index in [0.29, 0.717) is 19.4 Å². The Labute approximate surface area is 218 Å². The summed E-state index contributed by atoms with van der Waals surface area (Å²) in [4.78, 5) is 30.8. The van der Waals surface area contributed by atoms with E-state index in [1.165, 1.54) is 0 Å². The lowest BCUT2D eigenvalue weighted by Crippen LogP contribution is -2.45. The van der Waals surface area contributed by atoms with Gasteiger partial charge in [-0.05, 0) is 25.8 Å². The first-order valence-electron chi connectivity index (χ1n) is 12.8. The number of epoxide rings is 1. The van der Waals surface area contributed by atoms with Crippen molar-refractivity contribution in [2.75, 3.05) is 12.3 Å². The zero-order chi connectivity index (χ0) is 26.8. The van der Waals surface area contributed by atoms with E-state index >= 15 is 0 Å². The Morgan fingerprint density at radius 3 is 2.61 bits per heavy atom. The number of esters is 1. The number of ketones is 1. The van der Waals surface area contributed by atoms with Crippen LogP contribution < -0.4 is 5.73 Å². The largest absolute Gasteiger partial charge is 0.458 e. The van der Waals surface area contributed by atoms with Crippen molar-refractivity contribution in [3.63, 3.8) is 0 Å². The number of aliphatic hydroxyl groups excluding tert-OH is 2. The average Bonchev–Trinajstić information content (AvgIpc) is 3.23. The molecular weight excluding hydrogens is 480 g/mol. The molecule has 0 radical (unpaired) electrons. The van der Waals surface area contributed by atoms with E-state index in [1.54, 1.807) is 32.5 Å². The highest BCUT2D eigenvalue weighted by Crippen LogP contribution is 2.44. The van der Waals surface area contributed by atoms with Gasteiger partial charge in [-0.3, -0.25) is 14.6 Å². The van der Waals surface area contributed by atoms with Gasteiger partial charge in [0.1, 0.15) is 11.9 Å². The van der Waals surface area contributed by atoms with Crippen LogP contribution >= 0.6 is 11.8 Å². The number of aliphatic imine (C=N–C) groups is 1. The van der Waals surface area contributed by atoms with Gasteiger partial charge in [-0.2, -0.15) is 0 Å². The van der Waals surface area contributed by atoms with Crippen molar-refractivity contribution in [1.82, 2.24) is 0 Å². The molecule has 0 aromatic heterocycles. The lowest BCUT2D eigenvalue weighted by molar-refractivity contribution is -0.154. The van der Waals surface area contributed by atoms with Gasteiger partial charge < -0.3 is 25.4 Å². The monoisotopic (exact) mass is 522 g/mol. The highest BCUT2D eigenvalue weighted by atomic mass is 32.2. The normalized spacial score (nSPS) is 41.3. The SMILES string of the molecule is C/C(=C\C1CSC(CN)=N1)[C@@H]1CC2OC2(C)C/C=C/[C@H](C)[C@H](O)[C@@H](C)C(=O)C(C)(C)[C@@H](O)CC(=O)O1. The maximum atomic E-state index is 13.2. The molecule has 3 heterocycles. The van der Waals surface area contributed by atoms with Gasteiger partial charge in [0.15, 0.2) is 0 Å². The predicted octanol–water partition coefficient (Wildman–Crippen LogP) is 2.80. The van der Waals surface area contributed by atoms with Crippen LogP contribution in [0.1, 0.15) is 60.8 Å². The number of hydrogen-bond donors (Lipinski definition) is 3. The lowest BCUT2D eigenvalue weighted by Gasteiger charge is -2.34. The second-order valence-electron chi connectivity index (χ2n) is 11.2. The van der Waals surface area contributed by atoms with Crippen molar-refractivity contribution in [2.24, 2.45) is 28.0 Å². The van der Waals surface area contributed by atoms with Crippen molar-refractivity contribution in [3.8, 4) is 0 Å². The van der Waals surface area contributed by atoms with Crippen LogP contribution in [0.2, 0.25) is 0 Å². The van der Waals surface area contributed by atoms with Crippen LogP contribution in [0.25, 0.3) is 0 Å².